The van der Waals surface area contributed by atoms with Gasteiger partial charge in [-0.2, -0.15) is 0 Å². The molecule has 0 aromatic heterocycles. The highest BCUT2D eigenvalue weighted by Gasteiger charge is 2.12. The lowest BCUT2D eigenvalue weighted by Crippen LogP contribution is -2.11. The molecule has 2 unspecified atom stereocenters. The number of benzene rings is 2. The van der Waals surface area contributed by atoms with Crippen molar-refractivity contribution in [2.24, 2.45) is 0 Å². The third kappa shape index (κ3) is 3.91. The fourth-order valence-corrected chi connectivity index (χ4v) is 7.44. The molecular formula is C18H24P2. The van der Waals surface area contributed by atoms with E-state index in [2.05, 4.69) is 75.7 Å². The van der Waals surface area contributed by atoms with Crippen LogP contribution in [0.25, 0.3) is 0 Å². The van der Waals surface area contributed by atoms with E-state index in [1.165, 1.54) is 23.5 Å². The van der Waals surface area contributed by atoms with E-state index in [1.54, 1.807) is 10.6 Å². The van der Waals surface area contributed by atoms with Crippen LogP contribution in [0, 0.1) is 13.8 Å². The van der Waals surface area contributed by atoms with Gasteiger partial charge in [0.2, 0.25) is 0 Å². The first-order valence-electron chi connectivity index (χ1n) is 7.13. The quantitative estimate of drug-likeness (QED) is 0.715. The van der Waals surface area contributed by atoms with Crippen LogP contribution in [0.4, 0.5) is 0 Å². The minimum absolute atomic E-state index is 0.0128. The van der Waals surface area contributed by atoms with Crippen molar-refractivity contribution in [3.8, 4) is 0 Å². The second kappa shape index (κ2) is 7.35. The minimum Gasteiger partial charge on any atom is -0.0779 e. The summed E-state index contributed by atoms with van der Waals surface area (Å²) in [6.45, 7) is 9.34. The zero-order valence-electron chi connectivity index (χ0n) is 12.9. The van der Waals surface area contributed by atoms with Gasteiger partial charge in [0.15, 0.2) is 0 Å². The number of hydrogen-bond donors (Lipinski definition) is 0. The zero-order chi connectivity index (χ0) is 14.5. The maximum atomic E-state index is 2.43. The number of hydrogen-bond acceptors (Lipinski definition) is 0. The molecule has 2 rings (SSSR count). The Balaban J connectivity index is 1.99. The molecule has 0 radical (unpaired) electrons. The van der Waals surface area contributed by atoms with E-state index in [1.807, 2.05) is 0 Å². The third-order valence-corrected chi connectivity index (χ3v) is 8.61. The van der Waals surface area contributed by atoms with Crippen LogP contribution in [0.15, 0.2) is 48.5 Å². The molecule has 0 fully saturated rings. The van der Waals surface area contributed by atoms with Gasteiger partial charge in [-0.3, -0.25) is 0 Å². The molecular weight excluding hydrogens is 278 g/mol. The normalized spacial score (nSPS) is 14.0. The summed E-state index contributed by atoms with van der Waals surface area (Å²) in [7, 11) is -0.0256. The van der Waals surface area contributed by atoms with Crippen molar-refractivity contribution in [3.05, 3.63) is 59.7 Å². The maximum Gasteiger partial charge on any atom is -0.0214 e. The third-order valence-electron chi connectivity index (χ3n) is 3.82. The first kappa shape index (κ1) is 15.7. The van der Waals surface area contributed by atoms with Gasteiger partial charge in [-0.15, -0.1) is 0 Å². The Labute approximate surface area is 126 Å². The molecule has 0 aliphatic rings. The molecule has 0 saturated carbocycles. The van der Waals surface area contributed by atoms with Crippen molar-refractivity contribution in [2.45, 2.75) is 13.8 Å². The fourth-order valence-electron chi connectivity index (χ4n) is 2.52. The van der Waals surface area contributed by atoms with Crippen molar-refractivity contribution < 1.29 is 0 Å². The van der Waals surface area contributed by atoms with Gasteiger partial charge < -0.3 is 0 Å². The van der Waals surface area contributed by atoms with Gasteiger partial charge in [0.1, 0.15) is 0 Å². The smallest absolute Gasteiger partial charge is 0.0214 e. The van der Waals surface area contributed by atoms with Crippen molar-refractivity contribution in [3.63, 3.8) is 0 Å². The molecule has 0 aliphatic carbocycles. The van der Waals surface area contributed by atoms with Gasteiger partial charge in [0, 0.05) is 0 Å². The van der Waals surface area contributed by atoms with Crippen LogP contribution in [-0.2, 0) is 0 Å². The summed E-state index contributed by atoms with van der Waals surface area (Å²) in [5.41, 5.74) is 2.91. The Morgan fingerprint density at radius 3 is 1.35 bits per heavy atom. The Morgan fingerprint density at radius 1 is 0.650 bits per heavy atom. The molecule has 2 aromatic carbocycles. The Morgan fingerprint density at radius 2 is 1.00 bits per heavy atom. The minimum atomic E-state index is -0.0128. The molecule has 0 saturated heterocycles. The van der Waals surface area contributed by atoms with Gasteiger partial charge in [-0.25, -0.2) is 0 Å². The fraction of sp³-hybridized carbons (Fsp3) is 0.333. The first-order valence-corrected chi connectivity index (χ1v) is 11.1. The molecule has 0 spiro atoms. The first-order chi connectivity index (χ1) is 9.59. The molecule has 0 amide bonds. The monoisotopic (exact) mass is 302 g/mol. The second-order valence-electron chi connectivity index (χ2n) is 5.42. The highest BCUT2D eigenvalue weighted by Crippen LogP contribution is 2.38. The predicted octanol–water partition coefficient (Wildman–Crippen LogP) is 4.48. The molecule has 0 bridgehead atoms. The maximum absolute atomic E-state index is 2.43. The van der Waals surface area contributed by atoms with E-state index in [-0.39, 0.29) is 15.8 Å². The average Bonchev–Trinajstić information content (AvgIpc) is 2.45. The summed E-state index contributed by atoms with van der Waals surface area (Å²) in [5, 5.41) is 3.16. The van der Waals surface area contributed by atoms with E-state index < -0.39 is 0 Å². The molecule has 0 aliphatic heterocycles. The van der Waals surface area contributed by atoms with Gasteiger partial charge in [0.25, 0.3) is 0 Å². The van der Waals surface area contributed by atoms with Crippen LogP contribution in [0.1, 0.15) is 11.1 Å². The summed E-state index contributed by atoms with van der Waals surface area (Å²) in [4.78, 5) is 0. The molecule has 2 atom stereocenters. The molecule has 2 aromatic rings. The predicted molar refractivity (Wildman–Crippen MR) is 97.0 cm³/mol. The lowest BCUT2D eigenvalue weighted by atomic mass is 10.2. The van der Waals surface area contributed by atoms with Crippen LogP contribution >= 0.6 is 15.8 Å². The highest BCUT2D eigenvalue weighted by atomic mass is 31.1. The van der Waals surface area contributed by atoms with Crippen molar-refractivity contribution in [1.29, 1.82) is 0 Å². The largest absolute Gasteiger partial charge is 0.0779 e. The van der Waals surface area contributed by atoms with Crippen molar-refractivity contribution in [1.82, 2.24) is 0 Å². The van der Waals surface area contributed by atoms with E-state index in [4.69, 9.17) is 0 Å². The SMILES string of the molecule is Cc1ccccc1P(C)CCP(C)c1ccccc1C. The van der Waals surface area contributed by atoms with Crippen molar-refractivity contribution >= 4 is 26.5 Å². The lowest BCUT2D eigenvalue weighted by molar-refractivity contribution is 1.46. The summed E-state index contributed by atoms with van der Waals surface area (Å²) >= 11 is 0. The van der Waals surface area contributed by atoms with Gasteiger partial charge in [-0.1, -0.05) is 64.4 Å². The van der Waals surface area contributed by atoms with Crippen LogP contribution in [0.3, 0.4) is 0 Å². The van der Waals surface area contributed by atoms with E-state index in [0.29, 0.717) is 0 Å². The number of aryl methyl sites for hydroxylation is 2. The molecule has 0 nitrogen and oxygen atoms in total. The second-order valence-corrected chi connectivity index (χ2v) is 10.1. The zero-order valence-corrected chi connectivity index (χ0v) is 14.7. The van der Waals surface area contributed by atoms with E-state index in [0.717, 1.165) is 0 Å². The van der Waals surface area contributed by atoms with Crippen LogP contribution in [0.5, 0.6) is 0 Å². The average molecular weight is 302 g/mol. The Kier molecular flexibility index (Phi) is 5.76. The van der Waals surface area contributed by atoms with Crippen LogP contribution in [-0.4, -0.2) is 25.7 Å². The van der Waals surface area contributed by atoms with Gasteiger partial charge in [0.05, 0.1) is 0 Å². The molecule has 2 heteroatoms. The van der Waals surface area contributed by atoms with E-state index in [9.17, 15) is 0 Å². The van der Waals surface area contributed by atoms with Crippen LogP contribution in [0.2, 0.25) is 0 Å². The summed E-state index contributed by atoms with van der Waals surface area (Å²) in [5.74, 6) is 0. The molecule has 20 heavy (non-hydrogen) atoms. The summed E-state index contributed by atoms with van der Waals surface area (Å²) in [6.07, 6.45) is 2.69. The molecule has 0 heterocycles. The topological polar surface area (TPSA) is 0 Å². The summed E-state index contributed by atoms with van der Waals surface area (Å²) < 4.78 is 0. The van der Waals surface area contributed by atoms with Gasteiger partial charge in [-0.05, 0) is 61.2 Å². The number of rotatable bonds is 5. The van der Waals surface area contributed by atoms with Crippen molar-refractivity contribution in [2.75, 3.05) is 25.7 Å². The van der Waals surface area contributed by atoms with Crippen LogP contribution < -0.4 is 10.6 Å². The lowest BCUT2D eigenvalue weighted by Gasteiger charge is -2.19. The highest BCUT2D eigenvalue weighted by molar-refractivity contribution is 7.68. The molecule has 106 valence electrons. The van der Waals surface area contributed by atoms with Gasteiger partial charge >= 0.3 is 0 Å². The Bertz CT molecular complexity index is 511. The summed E-state index contributed by atoms with van der Waals surface area (Å²) in [6, 6.07) is 17.7. The molecule has 0 N–H and O–H groups in total. The standard InChI is InChI=1S/C18H24P2/c1-15-9-5-7-11-17(15)19(3)13-14-20(4)18-12-8-6-10-16(18)2/h5-12H,13-14H2,1-4H3. The van der Waals surface area contributed by atoms with E-state index >= 15 is 0 Å². The Hall–Kier alpha value is -0.700.